The molecule has 1 aromatic heterocycles. The number of fused-ring (bicyclic) bond motifs is 9. The molecular formula is C50H35NO. The second kappa shape index (κ2) is 12.4. The summed E-state index contributed by atoms with van der Waals surface area (Å²) >= 11 is 0. The van der Waals surface area contributed by atoms with Crippen LogP contribution in [0.1, 0.15) is 36.5 Å². The van der Waals surface area contributed by atoms with Gasteiger partial charge in [-0.05, 0) is 110 Å². The highest BCUT2D eigenvalue weighted by Gasteiger charge is 2.19. The zero-order chi connectivity index (χ0) is 34.6. The highest BCUT2D eigenvalue weighted by molar-refractivity contribution is 6.32. The number of hydrogen-bond donors (Lipinski definition) is 0. The Morgan fingerprint density at radius 2 is 1.04 bits per heavy atom. The Balaban J connectivity index is 1.27. The monoisotopic (exact) mass is 665 g/mol. The Bertz CT molecular complexity index is 2940. The van der Waals surface area contributed by atoms with Gasteiger partial charge in [-0.2, -0.15) is 0 Å². The number of para-hydroxylation sites is 1. The van der Waals surface area contributed by atoms with Crippen LogP contribution in [0, 0.1) is 0 Å². The van der Waals surface area contributed by atoms with Gasteiger partial charge in [-0.25, -0.2) is 4.99 Å². The highest BCUT2D eigenvalue weighted by atomic mass is 16.3. The van der Waals surface area contributed by atoms with E-state index < -0.39 is 0 Å². The fourth-order valence-electron chi connectivity index (χ4n) is 8.16. The SMILES string of the molecule is C/C1=C(c2ccccc2)/N=C(c2cccc3c4ccccc4c4ccc(-c5ccc6oc7ccccc7c6c5)cc4c23)\C=C(\c2ccccc2)CC1. The molecule has 52 heavy (non-hydrogen) atoms. The molecule has 9 aromatic rings. The Morgan fingerprint density at radius 1 is 0.442 bits per heavy atom. The van der Waals surface area contributed by atoms with Crippen LogP contribution >= 0.6 is 0 Å². The molecule has 246 valence electrons. The predicted molar refractivity (Wildman–Crippen MR) is 221 cm³/mol. The van der Waals surface area contributed by atoms with Crippen LogP contribution in [0.5, 0.6) is 0 Å². The molecule has 0 saturated carbocycles. The van der Waals surface area contributed by atoms with Crippen LogP contribution in [0.15, 0.2) is 185 Å². The molecule has 0 N–H and O–H groups in total. The van der Waals surface area contributed by atoms with Gasteiger partial charge in [0.1, 0.15) is 11.2 Å². The molecule has 8 aromatic carbocycles. The fourth-order valence-corrected chi connectivity index (χ4v) is 8.16. The summed E-state index contributed by atoms with van der Waals surface area (Å²) in [5, 5.41) is 9.69. The first-order chi connectivity index (χ1) is 25.7. The van der Waals surface area contributed by atoms with Gasteiger partial charge < -0.3 is 4.42 Å². The molecule has 2 heteroatoms. The average Bonchev–Trinajstić information content (AvgIpc) is 3.58. The number of allylic oxidation sites excluding steroid dienone is 3. The van der Waals surface area contributed by atoms with Crippen molar-refractivity contribution >= 4 is 71.2 Å². The van der Waals surface area contributed by atoms with Gasteiger partial charge in [0, 0.05) is 21.9 Å². The van der Waals surface area contributed by atoms with Crippen LogP contribution in [0.3, 0.4) is 0 Å². The minimum Gasteiger partial charge on any atom is -0.456 e. The lowest BCUT2D eigenvalue weighted by Gasteiger charge is -2.19. The van der Waals surface area contributed by atoms with E-state index in [0.29, 0.717) is 0 Å². The molecule has 0 atom stereocenters. The molecule has 1 aliphatic heterocycles. The molecule has 0 bridgehead atoms. The summed E-state index contributed by atoms with van der Waals surface area (Å²) < 4.78 is 6.19. The minimum atomic E-state index is 0.908. The van der Waals surface area contributed by atoms with Gasteiger partial charge in [-0.1, -0.05) is 140 Å². The first kappa shape index (κ1) is 30.3. The van der Waals surface area contributed by atoms with Crippen molar-refractivity contribution < 1.29 is 4.42 Å². The van der Waals surface area contributed by atoms with Gasteiger partial charge in [0.25, 0.3) is 0 Å². The summed E-state index contributed by atoms with van der Waals surface area (Å²) in [4.78, 5) is 5.62. The largest absolute Gasteiger partial charge is 0.456 e. The van der Waals surface area contributed by atoms with Crippen LogP contribution < -0.4 is 0 Å². The summed E-state index contributed by atoms with van der Waals surface area (Å²) in [6, 6.07) is 58.9. The maximum Gasteiger partial charge on any atom is 0.135 e. The van der Waals surface area contributed by atoms with E-state index in [2.05, 4.69) is 165 Å². The third-order valence-electron chi connectivity index (χ3n) is 10.8. The van der Waals surface area contributed by atoms with Gasteiger partial charge in [0.15, 0.2) is 0 Å². The molecule has 0 unspecified atom stereocenters. The van der Waals surface area contributed by atoms with Crippen molar-refractivity contribution in [1.82, 2.24) is 0 Å². The molecule has 0 amide bonds. The van der Waals surface area contributed by atoms with E-state index in [1.54, 1.807) is 0 Å². The maximum atomic E-state index is 6.19. The minimum absolute atomic E-state index is 0.908. The Kier molecular flexibility index (Phi) is 7.21. The fraction of sp³-hybridized carbons (Fsp3) is 0.0600. The molecule has 0 radical (unpaired) electrons. The van der Waals surface area contributed by atoms with Crippen molar-refractivity contribution in [2.75, 3.05) is 0 Å². The molecule has 0 fully saturated rings. The number of aliphatic imine (C=N–C) groups is 1. The second-order valence-corrected chi connectivity index (χ2v) is 13.9. The Hall–Kier alpha value is -6.51. The lowest BCUT2D eigenvalue weighted by Crippen LogP contribution is -2.05. The quantitative estimate of drug-likeness (QED) is 0.172. The molecule has 0 spiro atoms. The number of furan rings is 1. The van der Waals surface area contributed by atoms with Gasteiger partial charge in [-0.3, -0.25) is 0 Å². The maximum absolute atomic E-state index is 6.19. The lowest BCUT2D eigenvalue weighted by atomic mass is 9.87. The summed E-state index contributed by atoms with van der Waals surface area (Å²) in [5.41, 5.74) is 12.3. The van der Waals surface area contributed by atoms with E-state index in [4.69, 9.17) is 9.41 Å². The summed E-state index contributed by atoms with van der Waals surface area (Å²) in [7, 11) is 0. The molecule has 0 saturated heterocycles. The van der Waals surface area contributed by atoms with Crippen molar-refractivity contribution in [1.29, 1.82) is 0 Å². The lowest BCUT2D eigenvalue weighted by molar-refractivity contribution is 0.669. The first-order valence-electron chi connectivity index (χ1n) is 18.1. The highest BCUT2D eigenvalue weighted by Crippen LogP contribution is 2.41. The number of benzene rings is 8. The standard InChI is InChI=1S/C50H35NO/c1-32-23-24-37(33-13-4-2-5-14-33)31-46(51-50(32)34-15-6-3-7-16-34)43-21-12-20-42-39-18-9-8-17-38(39)40-27-25-35(30-45(40)49(42)43)36-26-28-48-44(29-36)41-19-10-11-22-47(41)52-48/h2-22,25-31H,23-24H2,1H3/b37-31+,50-32-,51-46+. The van der Waals surface area contributed by atoms with Crippen LogP contribution in [0.25, 0.3) is 76.7 Å². The summed E-state index contributed by atoms with van der Waals surface area (Å²) in [5.74, 6) is 0. The smallest absolute Gasteiger partial charge is 0.135 e. The van der Waals surface area contributed by atoms with Crippen molar-refractivity contribution in [3.63, 3.8) is 0 Å². The topological polar surface area (TPSA) is 25.5 Å². The zero-order valence-electron chi connectivity index (χ0n) is 28.9. The van der Waals surface area contributed by atoms with Crippen LogP contribution in [-0.2, 0) is 0 Å². The van der Waals surface area contributed by atoms with E-state index in [1.165, 1.54) is 60.2 Å². The molecule has 2 heterocycles. The van der Waals surface area contributed by atoms with Crippen molar-refractivity contribution in [3.8, 4) is 11.1 Å². The molecule has 10 rings (SSSR count). The van der Waals surface area contributed by atoms with E-state index in [-0.39, 0.29) is 0 Å². The molecule has 1 aliphatic rings. The number of rotatable bonds is 4. The van der Waals surface area contributed by atoms with Gasteiger partial charge >= 0.3 is 0 Å². The van der Waals surface area contributed by atoms with Crippen LogP contribution in [-0.4, -0.2) is 5.71 Å². The predicted octanol–water partition coefficient (Wildman–Crippen LogP) is 13.8. The normalized spacial score (nSPS) is 17.2. The summed E-state index contributed by atoms with van der Waals surface area (Å²) in [6.45, 7) is 2.25. The molecule has 2 nitrogen and oxygen atoms in total. The van der Waals surface area contributed by atoms with Gasteiger partial charge in [0.2, 0.25) is 0 Å². The van der Waals surface area contributed by atoms with E-state index in [1.807, 2.05) is 12.1 Å². The molecule has 0 aliphatic carbocycles. The van der Waals surface area contributed by atoms with Gasteiger partial charge in [-0.15, -0.1) is 0 Å². The first-order valence-corrected chi connectivity index (χ1v) is 18.1. The average molecular weight is 666 g/mol. The second-order valence-electron chi connectivity index (χ2n) is 13.9. The van der Waals surface area contributed by atoms with E-state index in [9.17, 15) is 0 Å². The van der Waals surface area contributed by atoms with E-state index >= 15 is 0 Å². The molecular weight excluding hydrogens is 631 g/mol. The van der Waals surface area contributed by atoms with Crippen molar-refractivity contribution in [2.45, 2.75) is 19.8 Å². The summed E-state index contributed by atoms with van der Waals surface area (Å²) in [6.07, 6.45) is 4.24. The third kappa shape index (κ3) is 5.07. The van der Waals surface area contributed by atoms with Crippen molar-refractivity contribution in [3.05, 3.63) is 192 Å². The van der Waals surface area contributed by atoms with Gasteiger partial charge in [0.05, 0.1) is 11.4 Å². The number of nitrogens with zero attached hydrogens (tertiary/aromatic N) is 1. The van der Waals surface area contributed by atoms with E-state index in [0.717, 1.165) is 57.3 Å². The number of hydrogen-bond acceptors (Lipinski definition) is 2. The van der Waals surface area contributed by atoms with Crippen molar-refractivity contribution in [2.24, 2.45) is 4.99 Å². The van der Waals surface area contributed by atoms with Crippen LogP contribution in [0.4, 0.5) is 0 Å². The van der Waals surface area contributed by atoms with Crippen LogP contribution in [0.2, 0.25) is 0 Å². The Morgan fingerprint density at radius 3 is 1.83 bits per heavy atom. The Labute approximate surface area is 302 Å². The third-order valence-corrected chi connectivity index (χ3v) is 10.8. The zero-order valence-corrected chi connectivity index (χ0v) is 28.9.